The van der Waals surface area contributed by atoms with Gasteiger partial charge in [0, 0.05) is 5.69 Å². The smallest absolute Gasteiger partial charge is 0.337 e. The lowest BCUT2D eigenvalue weighted by molar-refractivity contribution is -0.153. The number of aliphatic hydroxyl groups excluding tert-OH is 1. The molecule has 21 heavy (non-hydrogen) atoms. The Morgan fingerprint density at radius 3 is 2.24 bits per heavy atom. The molecule has 4 nitrogen and oxygen atoms in total. The largest absolute Gasteiger partial charge is 0.464 e. The number of ether oxygens (including phenoxy) is 1. The lowest BCUT2D eigenvalue weighted by Crippen LogP contribution is -2.34. The van der Waals surface area contributed by atoms with Crippen LogP contribution in [0.3, 0.4) is 0 Å². The molecule has 2 rings (SSSR count). The zero-order chi connectivity index (χ0) is 15.1. The Labute approximate surface area is 124 Å². The van der Waals surface area contributed by atoms with Crippen LogP contribution in [0, 0.1) is 0 Å². The summed E-state index contributed by atoms with van der Waals surface area (Å²) >= 11 is 0. The van der Waals surface area contributed by atoms with Gasteiger partial charge in [0.25, 0.3) is 0 Å². The summed E-state index contributed by atoms with van der Waals surface area (Å²) in [7, 11) is 0. The molecule has 0 radical (unpaired) electrons. The van der Waals surface area contributed by atoms with E-state index in [4.69, 9.17) is 4.74 Å². The van der Waals surface area contributed by atoms with E-state index in [0.717, 1.165) is 11.3 Å². The van der Waals surface area contributed by atoms with E-state index in [0.29, 0.717) is 0 Å². The van der Waals surface area contributed by atoms with Crippen molar-refractivity contribution in [3.63, 3.8) is 0 Å². The predicted molar refractivity (Wildman–Crippen MR) is 81.9 cm³/mol. The zero-order valence-corrected chi connectivity index (χ0v) is 11.9. The Balaban J connectivity index is 2.24. The first-order chi connectivity index (χ1) is 10.2. The highest BCUT2D eigenvalue weighted by molar-refractivity contribution is 5.76. The molecule has 2 atom stereocenters. The van der Waals surface area contributed by atoms with E-state index in [1.807, 2.05) is 60.7 Å². The number of para-hydroxylation sites is 1. The number of benzene rings is 2. The maximum absolute atomic E-state index is 11.8. The Morgan fingerprint density at radius 1 is 1.10 bits per heavy atom. The number of carbonyl (C=O) groups is 1. The number of anilines is 1. The van der Waals surface area contributed by atoms with Gasteiger partial charge < -0.3 is 15.2 Å². The summed E-state index contributed by atoms with van der Waals surface area (Å²) in [5.41, 5.74) is 1.65. The summed E-state index contributed by atoms with van der Waals surface area (Å²) in [4.78, 5) is 11.8. The lowest BCUT2D eigenvalue weighted by atomic mass is 10.0. The molecule has 0 bridgehead atoms. The van der Waals surface area contributed by atoms with Gasteiger partial charge in [-0.3, -0.25) is 0 Å². The minimum Gasteiger partial charge on any atom is -0.464 e. The number of hydrogen-bond acceptors (Lipinski definition) is 4. The number of carbonyl (C=O) groups excluding carboxylic acids is 1. The monoisotopic (exact) mass is 285 g/mol. The summed E-state index contributed by atoms with van der Waals surface area (Å²) in [6.45, 7) is 1.95. The molecule has 0 saturated carbocycles. The highest BCUT2D eigenvalue weighted by Gasteiger charge is 2.28. The van der Waals surface area contributed by atoms with Crippen LogP contribution in [0.25, 0.3) is 0 Å². The average molecular weight is 285 g/mol. The summed E-state index contributed by atoms with van der Waals surface area (Å²) < 4.78 is 4.91. The highest BCUT2D eigenvalue weighted by Crippen LogP contribution is 2.23. The van der Waals surface area contributed by atoms with Crippen LogP contribution in [0.2, 0.25) is 0 Å². The zero-order valence-electron chi connectivity index (χ0n) is 11.9. The molecule has 110 valence electrons. The van der Waals surface area contributed by atoms with Gasteiger partial charge in [-0.15, -0.1) is 0 Å². The SMILES string of the molecule is CCOC(=O)[C@H](O)[C@H](Nc1ccccc1)c1ccccc1. The van der Waals surface area contributed by atoms with Gasteiger partial charge in [-0.1, -0.05) is 48.5 Å². The maximum atomic E-state index is 11.8. The van der Waals surface area contributed by atoms with Crippen molar-refractivity contribution in [1.82, 2.24) is 0 Å². The van der Waals surface area contributed by atoms with Gasteiger partial charge >= 0.3 is 5.97 Å². The third kappa shape index (κ3) is 4.07. The minimum atomic E-state index is -1.27. The first kappa shape index (κ1) is 15.1. The summed E-state index contributed by atoms with van der Waals surface area (Å²) in [5, 5.41) is 13.5. The standard InChI is InChI=1S/C17H19NO3/c1-2-21-17(20)16(19)15(13-9-5-3-6-10-13)18-14-11-7-4-8-12-14/h3-12,15-16,18-19H,2H2,1H3/t15-,16-/m1/s1. The fourth-order valence-corrected chi connectivity index (χ4v) is 2.08. The number of esters is 1. The van der Waals surface area contributed by atoms with Gasteiger partial charge in [-0.2, -0.15) is 0 Å². The molecule has 2 aromatic rings. The molecule has 0 unspecified atom stereocenters. The van der Waals surface area contributed by atoms with Crippen molar-refractivity contribution >= 4 is 11.7 Å². The van der Waals surface area contributed by atoms with Crippen LogP contribution in [0.15, 0.2) is 60.7 Å². The third-order valence-electron chi connectivity index (χ3n) is 3.10. The van der Waals surface area contributed by atoms with Crippen molar-refractivity contribution in [2.24, 2.45) is 0 Å². The fraction of sp³-hybridized carbons (Fsp3) is 0.235. The van der Waals surface area contributed by atoms with Crippen LogP contribution in [0.1, 0.15) is 18.5 Å². The van der Waals surface area contributed by atoms with E-state index in [1.165, 1.54) is 0 Å². The average Bonchev–Trinajstić information content (AvgIpc) is 2.54. The van der Waals surface area contributed by atoms with Gasteiger partial charge in [0.05, 0.1) is 12.6 Å². The maximum Gasteiger partial charge on any atom is 0.337 e. The summed E-state index contributed by atoms with van der Waals surface area (Å²) in [5.74, 6) is -0.630. The van der Waals surface area contributed by atoms with Crippen molar-refractivity contribution in [3.8, 4) is 0 Å². The van der Waals surface area contributed by atoms with Crippen LogP contribution >= 0.6 is 0 Å². The number of rotatable bonds is 6. The third-order valence-corrected chi connectivity index (χ3v) is 3.10. The van der Waals surface area contributed by atoms with E-state index >= 15 is 0 Å². The second-order valence-corrected chi connectivity index (χ2v) is 4.60. The molecule has 2 N–H and O–H groups in total. The fourth-order valence-electron chi connectivity index (χ4n) is 2.08. The van der Waals surface area contributed by atoms with Crippen molar-refractivity contribution in [1.29, 1.82) is 0 Å². The Morgan fingerprint density at radius 2 is 1.67 bits per heavy atom. The van der Waals surface area contributed by atoms with E-state index in [-0.39, 0.29) is 6.61 Å². The lowest BCUT2D eigenvalue weighted by Gasteiger charge is -2.24. The normalized spacial score (nSPS) is 13.2. The van der Waals surface area contributed by atoms with Gasteiger partial charge in [-0.25, -0.2) is 4.79 Å². The second kappa shape index (κ2) is 7.45. The molecule has 0 aliphatic heterocycles. The van der Waals surface area contributed by atoms with Crippen molar-refractivity contribution in [3.05, 3.63) is 66.2 Å². The van der Waals surface area contributed by atoms with Crippen LogP contribution in [0.4, 0.5) is 5.69 Å². The van der Waals surface area contributed by atoms with Crippen LogP contribution in [0.5, 0.6) is 0 Å². The minimum absolute atomic E-state index is 0.239. The Kier molecular flexibility index (Phi) is 5.35. The first-order valence-electron chi connectivity index (χ1n) is 6.93. The van der Waals surface area contributed by atoms with Gasteiger partial charge in [0.1, 0.15) is 0 Å². The molecule has 0 fully saturated rings. The molecule has 0 heterocycles. The quantitative estimate of drug-likeness (QED) is 0.801. The Bertz CT molecular complexity index is 557. The summed E-state index contributed by atoms with van der Waals surface area (Å²) in [6.07, 6.45) is -1.27. The molecule has 2 aromatic carbocycles. The molecule has 0 saturated heterocycles. The molecule has 0 aliphatic carbocycles. The Hall–Kier alpha value is -2.33. The molecule has 0 aliphatic rings. The second-order valence-electron chi connectivity index (χ2n) is 4.60. The number of nitrogens with one attached hydrogen (secondary N) is 1. The van der Waals surface area contributed by atoms with E-state index in [9.17, 15) is 9.90 Å². The van der Waals surface area contributed by atoms with Crippen molar-refractivity contribution in [2.45, 2.75) is 19.1 Å². The van der Waals surface area contributed by atoms with Crippen molar-refractivity contribution in [2.75, 3.05) is 11.9 Å². The van der Waals surface area contributed by atoms with Gasteiger partial charge in [0.15, 0.2) is 6.10 Å². The van der Waals surface area contributed by atoms with E-state index in [1.54, 1.807) is 6.92 Å². The molecule has 0 spiro atoms. The number of aliphatic hydroxyl groups is 1. The van der Waals surface area contributed by atoms with Crippen LogP contribution < -0.4 is 5.32 Å². The van der Waals surface area contributed by atoms with Crippen LogP contribution in [-0.2, 0) is 9.53 Å². The van der Waals surface area contributed by atoms with E-state index in [2.05, 4.69) is 5.32 Å². The summed E-state index contributed by atoms with van der Waals surface area (Å²) in [6, 6.07) is 18.2. The predicted octanol–water partition coefficient (Wildman–Crippen LogP) is 2.76. The molecular formula is C17H19NO3. The van der Waals surface area contributed by atoms with Crippen LogP contribution in [-0.4, -0.2) is 23.8 Å². The van der Waals surface area contributed by atoms with Gasteiger partial charge in [0.2, 0.25) is 0 Å². The molecule has 4 heteroatoms. The molecular weight excluding hydrogens is 266 g/mol. The molecule has 0 aromatic heterocycles. The van der Waals surface area contributed by atoms with Gasteiger partial charge in [-0.05, 0) is 24.6 Å². The first-order valence-corrected chi connectivity index (χ1v) is 6.93. The topological polar surface area (TPSA) is 58.6 Å². The number of hydrogen-bond donors (Lipinski definition) is 2. The van der Waals surface area contributed by atoms with E-state index < -0.39 is 18.1 Å². The highest BCUT2D eigenvalue weighted by atomic mass is 16.5. The molecule has 0 amide bonds. The van der Waals surface area contributed by atoms with Crippen molar-refractivity contribution < 1.29 is 14.6 Å².